The molecule has 0 aliphatic carbocycles. The van der Waals surface area contributed by atoms with E-state index in [9.17, 15) is 9.59 Å². The molecular formula is C25H26Cl2N2O3. The molecule has 3 aromatic carbocycles. The highest BCUT2D eigenvalue weighted by Gasteiger charge is 2.27. The standard InChI is InChI=1S/C25H26Cl2N2O3/c1-3-14-28-25(31)17(2)29(15-20-21(26)11-7-12-22(20)27)24(30)16-32-23-13-6-9-18-8-4-5-10-19(18)23/h4-13,17H,3,14-16H2,1-2H3,(H,28,31). The maximum atomic E-state index is 13.2. The SMILES string of the molecule is CCCNC(=O)C(C)N(Cc1c(Cl)cccc1Cl)C(=O)COc1cccc2ccccc12. The molecule has 0 saturated heterocycles. The Kier molecular flexibility index (Phi) is 8.37. The molecule has 2 amide bonds. The van der Waals surface area contributed by atoms with E-state index in [1.807, 2.05) is 49.4 Å². The second-order valence-corrected chi connectivity index (χ2v) is 8.27. The van der Waals surface area contributed by atoms with Crippen LogP contribution in [0.1, 0.15) is 25.8 Å². The van der Waals surface area contributed by atoms with Gasteiger partial charge in [-0.2, -0.15) is 0 Å². The number of rotatable bonds is 9. The van der Waals surface area contributed by atoms with E-state index in [0.717, 1.165) is 17.2 Å². The van der Waals surface area contributed by atoms with E-state index in [4.69, 9.17) is 27.9 Å². The zero-order valence-corrected chi connectivity index (χ0v) is 19.6. The van der Waals surface area contributed by atoms with Gasteiger partial charge in [0.05, 0.1) is 0 Å². The van der Waals surface area contributed by atoms with E-state index in [2.05, 4.69) is 5.32 Å². The van der Waals surface area contributed by atoms with E-state index >= 15 is 0 Å². The second kappa shape index (κ2) is 11.2. The van der Waals surface area contributed by atoms with Gasteiger partial charge in [-0.3, -0.25) is 9.59 Å². The Bertz CT molecular complexity index is 1080. The van der Waals surface area contributed by atoms with E-state index in [1.165, 1.54) is 4.90 Å². The number of carbonyl (C=O) groups is 2. The van der Waals surface area contributed by atoms with Crippen LogP contribution in [-0.4, -0.2) is 35.9 Å². The van der Waals surface area contributed by atoms with Crippen molar-refractivity contribution in [1.82, 2.24) is 10.2 Å². The maximum Gasteiger partial charge on any atom is 0.261 e. The van der Waals surface area contributed by atoms with Crippen LogP contribution in [0.25, 0.3) is 10.8 Å². The first kappa shape index (κ1) is 23.9. The van der Waals surface area contributed by atoms with Gasteiger partial charge in [-0.15, -0.1) is 0 Å². The lowest BCUT2D eigenvalue weighted by molar-refractivity contribution is -0.142. The third kappa shape index (κ3) is 5.72. The third-order valence-corrected chi connectivity index (χ3v) is 5.92. The number of fused-ring (bicyclic) bond motifs is 1. The van der Waals surface area contributed by atoms with Crippen LogP contribution in [0.15, 0.2) is 60.7 Å². The minimum atomic E-state index is -0.725. The summed E-state index contributed by atoms with van der Waals surface area (Å²) in [5.74, 6) is 0.0249. The number of nitrogens with one attached hydrogen (secondary N) is 1. The van der Waals surface area contributed by atoms with Gasteiger partial charge in [0.15, 0.2) is 6.61 Å². The molecule has 32 heavy (non-hydrogen) atoms. The average Bonchev–Trinajstić information content (AvgIpc) is 2.80. The van der Waals surface area contributed by atoms with Crippen LogP contribution in [-0.2, 0) is 16.1 Å². The van der Waals surface area contributed by atoms with Crippen molar-refractivity contribution in [2.24, 2.45) is 0 Å². The summed E-state index contributed by atoms with van der Waals surface area (Å²) in [4.78, 5) is 27.3. The summed E-state index contributed by atoms with van der Waals surface area (Å²) in [6.45, 7) is 4.06. The minimum Gasteiger partial charge on any atom is -0.483 e. The Morgan fingerprint density at radius 2 is 1.66 bits per heavy atom. The Balaban J connectivity index is 1.82. The maximum absolute atomic E-state index is 13.2. The predicted octanol–water partition coefficient (Wildman–Crippen LogP) is 5.47. The Hall–Kier alpha value is -2.76. The normalized spacial score (nSPS) is 11.8. The smallest absolute Gasteiger partial charge is 0.261 e. The van der Waals surface area contributed by atoms with Crippen LogP contribution in [0.2, 0.25) is 10.0 Å². The van der Waals surface area contributed by atoms with E-state index < -0.39 is 6.04 Å². The lowest BCUT2D eigenvalue weighted by Gasteiger charge is -2.29. The van der Waals surface area contributed by atoms with E-state index in [0.29, 0.717) is 27.9 Å². The van der Waals surface area contributed by atoms with Crippen molar-refractivity contribution in [2.45, 2.75) is 32.9 Å². The highest BCUT2D eigenvalue weighted by atomic mass is 35.5. The molecule has 1 N–H and O–H groups in total. The molecule has 168 valence electrons. The van der Waals surface area contributed by atoms with Crippen molar-refractivity contribution in [3.63, 3.8) is 0 Å². The summed E-state index contributed by atoms with van der Waals surface area (Å²) in [7, 11) is 0. The van der Waals surface area contributed by atoms with Gasteiger partial charge < -0.3 is 15.0 Å². The monoisotopic (exact) mass is 472 g/mol. The molecular weight excluding hydrogens is 447 g/mol. The molecule has 1 unspecified atom stereocenters. The number of ether oxygens (including phenoxy) is 1. The fourth-order valence-electron chi connectivity index (χ4n) is 3.38. The lowest BCUT2D eigenvalue weighted by Crippen LogP contribution is -2.49. The van der Waals surface area contributed by atoms with Gasteiger partial charge in [-0.1, -0.05) is 72.6 Å². The molecule has 0 aliphatic rings. The molecule has 0 radical (unpaired) electrons. The summed E-state index contributed by atoms with van der Waals surface area (Å²) >= 11 is 12.7. The Morgan fingerprint density at radius 3 is 2.38 bits per heavy atom. The largest absolute Gasteiger partial charge is 0.483 e. The summed E-state index contributed by atoms with van der Waals surface area (Å²) in [5, 5.41) is 5.65. The minimum absolute atomic E-state index is 0.0942. The first-order chi connectivity index (χ1) is 15.4. The molecule has 0 aromatic heterocycles. The van der Waals surface area contributed by atoms with E-state index in [1.54, 1.807) is 25.1 Å². The van der Waals surface area contributed by atoms with Crippen LogP contribution in [0.4, 0.5) is 0 Å². The molecule has 0 spiro atoms. The number of benzene rings is 3. The van der Waals surface area contributed by atoms with Gasteiger partial charge in [0.1, 0.15) is 11.8 Å². The molecule has 5 nitrogen and oxygen atoms in total. The van der Waals surface area contributed by atoms with Crippen LogP contribution in [0.3, 0.4) is 0 Å². The van der Waals surface area contributed by atoms with Gasteiger partial charge >= 0.3 is 0 Å². The molecule has 0 bridgehead atoms. The predicted molar refractivity (Wildman–Crippen MR) is 129 cm³/mol. The van der Waals surface area contributed by atoms with Gasteiger partial charge in [-0.05, 0) is 36.9 Å². The number of halogens is 2. The van der Waals surface area contributed by atoms with Gasteiger partial charge in [0.2, 0.25) is 5.91 Å². The van der Waals surface area contributed by atoms with Crippen molar-refractivity contribution < 1.29 is 14.3 Å². The van der Waals surface area contributed by atoms with Crippen molar-refractivity contribution in [2.75, 3.05) is 13.2 Å². The van der Waals surface area contributed by atoms with Crippen LogP contribution < -0.4 is 10.1 Å². The van der Waals surface area contributed by atoms with Crippen LogP contribution >= 0.6 is 23.2 Å². The molecule has 0 fully saturated rings. The van der Waals surface area contributed by atoms with Crippen LogP contribution in [0, 0.1) is 0 Å². The van der Waals surface area contributed by atoms with Gasteiger partial charge in [0, 0.05) is 34.1 Å². The fourth-order valence-corrected chi connectivity index (χ4v) is 3.89. The topological polar surface area (TPSA) is 58.6 Å². The number of hydrogen-bond acceptors (Lipinski definition) is 3. The number of carbonyl (C=O) groups excluding carboxylic acids is 2. The number of hydrogen-bond donors (Lipinski definition) is 1. The highest BCUT2D eigenvalue weighted by Crippen LogP contribution is 2.28. The number of amides is 2. The summed E-state index contributed by atoms with van der Waals surface area (Å²) in [6, 6.07) is 17.9. The summed E-state index contributed by atoms with van der Waals surface area (Å²) in [6.07, 6.45) is 0.799. The van der Waals surface area contributed by atoms with Crippen LogP contribution in [0.5, 0.6) is 5.75 Å². The van der Waals surface area contributed by atoms with Gasteiger partial charge in [-0.25, -0.2) is 0 Å². The first-order valence-corrected chi connectivity index (χ1v) is 11.3. The van der Waals surface area contributed by atoms with Crippen molar-refractivity contribution in [3.05, 3.63) is 76.3 Å². The Labute approximate surface area is 198 Å². The third-order valence-electron chi connectivity index (χ3n) is 5.21. The second-order valence-electron chi connectivity index (χ2n) is 7.45. The molecule has 1 atom stereocenters. The molecule has 0 aliphatic heterocycles. The highest BCUT2D eigenvalue weighted by molar-refractivity contribution is 6.36. The van der Waals surface area contributed by atoms with E-state index in [-0.39, 0.29) is 25.0 Å². The first-order valence-electron chi connectivity index (χ1n) is 10.5. The van der Waals surface area contributed by atoms with Crippen molar-refractivity contribution in [3.8, 4) is 5.75 Å². The molecule has 7 heteroatoms. The van der Waals surface area contributed by atoms with Crippen molar-refractivity contribution in [1.29, 1.82) is 0 Å². The average molecular weight is 473 g/mol. The summed E-state index contributed by atoms with van der Waals surface area (Å²) in [5.41, 5.74) is 0.587. The molecule has 0 heterocycles. The zero-order valence-electron chi connectivity index (χ0n) is 18.1. The molecule has 3 rings (SSSR count). The Morgan fingerprint density at radius 1 is 1.00 bits per heavy atom. The zero-order chi connectivity index (χ0) is 23.1. The summed E-state index contributed by atoms with van der Waals surface area (Å²) < 4.78 is 5.88. The lowest BCUT2D eigenvalue weighted by atomic mass is 10.1. The molecule has 0 saturated carbocycles. The number of nitrogens with zero attached hydrogens (tertiary/aromatic N) is 1. The molecule has 3 aromatic rings. The van der Waals surface area contributed by atoms with Crippen molar-refractivity contribution >= 4 is 45.8 Å². The quantitative estimate of drug-likeness (QED) is 0.449. The van der Waals surface area contributed by atoms with Gasteiger partial charge in [0.25, 0.3) is 5.91 Å². The fraction of sp³-hybridized carbons (Fsp3) is 0.280.